The Bertz CT molecular complexity index is 274. The van der Waals surface area contributed by atoms with E-state index >= 15 is 0 Å². The molecule has 3 nitrogen and oxygen atoms in total. The van der Waals surface area contributed by atoms with Crippen LogP contribution in [0.1, 0.15) is 11.9 Å². The average Bonchev–Trinajstić information content (AvgIpc) is 2.56. The minimum absolute atomic E-state index is 0.204. The van der Waals surface area contributed by atoms with Crippen molar-refractivity contribution in [3.05, 3.63) is 28.5 Å². The van der Waals surface area contributed by atoms with Crippen LogP contribution in [0.25, 0.3) is 0 Å². The zero-order chi connectivity index (χ0) is 8.39. The van der Waals surface area contributed by atoms with Gasteiger partial charge in [0.25, 0.3) is 0 Å². The fraction of sp³-hybridized carbons (Fsp3) is 0.375. The molecule has 12 heavy (non-hydrogen) atoms. The Morgan fingerprint density at radius 2 is 2.17 bits per heavy atom. The lowest BCUT2D eigenvalue weighted by molar-refractivity contribution is -0.0442. The number of hydrogen-bond donors (Lipinski definition) is 0. The summed E-state index contributed by atoms with van der Waals surface area (Å²) in [6.07, 6.45) is 1.52. The number of hydrogen-bond acceptors (Lipinski definition) is 3. The Morgan fingerprint density at radius 1 is 1.42 bits per heavy atom. The van der Waals surface area contributed by atoms with Gasteiger partial charge in [-0.15, -0.1) is 0 Å². The van der Waals surface area contributed by atoms with Crippen LogP contribution in [0.4, 0.5) is 0 Å². The van der Waals surface area contributed by atoms with E-state index < -0.39 is 0 Å². The van der Waals surface area contributed by atoms with Gasteiger partial charge in [-0.1, -0.05) is 0 Å². The second kappa shape index (κ2) is 3.51. The molecule has 0 unspecified atom stereocenters. The molecule has 0 aromatic carbocycles. The van der Waals surface area contributed by atoms with Gasteiger partial charge in [0.05, 0.1) is 13.2 Å². The number of pyridine rings is 1. The van der Waals surface area contributed by atoms with Crippen molar-refractivity contribution in [1.82, 2.24) is 4.98 Å². The summed E-state index contributed by atoms with van der Waals surface area (Å²) in [4.78, 5) is 4.02. The summed E-state index contributed by atoms with van der Waals surface area (Å²) >= 11 is 3.29. The van der Waals surface area contributed by atoms with Crippen molar-refractivity contribution < 1.29 is 9.47 Å². The quantitative estimate of drug-likeness (QED) is 0.690. The largest absolute Gasteiger partial charge is 0.346 e. The lowest BCUT2D eigenvalue weighted by atomic mass is 10.3. The Balaban J connectivity index is 2.21. The summed E-state index contributed by atoms with van der Waals surface area (Å²) < 4.78 is 11.5. The SMILES string of the molecule is Brc1cc(C2OCCO2)ccn1. The molecule has 0 N–H and O–H groups in total. The molecule has 4 heteroatoms. The minimum atomic E-state index is -0.204. The monoisotopic (exact) mass is 229 g/mol. The standard InChI is InChI=1S/C8H8BrNO2/c9-7-5-6(1-2-10-7)8-11-3-4-12-8/h1-2,5,8H,3-4H2. The Hall–Kier alpha value is -0.450. The molecule has 1 aromatic rings. The molecule has 1 aromatic heterocycles. The van der Waals surface area contributed by atoms with Gasteiger partial charge in [-0.05, 0) is 28.1 Å². The van der Waals surface area contributed by atoms with Gasteiger partial charge in [0.2, 0.25) is 0 Å². The van der Waals surface area contributed by atoms with E-state index in [4.69, 9.17) is 9.47 Å². The van der Waals surface area contributed by atoms with Crippen LogP contribution in [0.5, 0.6) is 0 Å². The highest BCUT2D eigenvalue weighted by atomic mass is 79.9. The second-order valence-electron chi connectivity index (χ2n) is 2.49. The lowest BCUT2D eigenvalue weighted by Gasteiger charge is -2.08. The molecule has 0 amide bonds. The van der Waals surface area contributed by atoms with Crippen molar-refractivity contribution in [2.24, 2.45) is 0 Å². The average molecular weight is 230 g/mol. The summed E-state index contributed by atoms with van der Waals surface area (Å²) in [6.45, 7) is 1.34. The highest BCUT2D eigenvalue weighted by molar-refractivity contribution is 9.10. The van der Waals surface area contributed by atoms with Gasteiger partial charge in [-0.2, -0.15) is 0 Å². The maximum atomic E-state index is 5.32. The van der Waals surface area contributed by atoms with Gasteiger partial charge >= 0.3 is 0 Å². The minimum Gasteiger partial charge on any atom is -0.346 e. The van der Waals surface area contributed by atoms with Gasteiger partial charge in [0.1, 0.15) is 4.60 Å². The van der Waals surface area contributed by atoms with Crippen molar-refractivity contribution in [3.8, 4) is 0 Å². The molecular formula is C8H8BrNO2. The van der Waals surface area contributed by atoms with E-state index in [1.165, 1.54) is 0 Å². The zero-order valence-corrected chi connectivity index (χ0v) is 7.95. The van der Waals surface area contributed by atoms with E-state index in [1.54, 1.807) is 6.20 Å². The third-order valence-corrected chi connectivity index (χ3v) is 2.08. The zero-order valence-electron chi connectivity index (χ0n) is 6.37. The Morgan fingerprint density at radius 3 is 2.83 bits per heavy atom. The fourth-order valence-electron chi connectivity index (χ4n) is 1.11. The molecule has 0 atom stereocenters. The van der Waals surface area contributed by atoms with Gasteiger partial charge < -0.3 is 9.47 Å². The summed E-state index contributed by atoms with van der Waals surface area (Å²) in [7, 11) is 0. The maximum absolute atomic E-state index is 5.32. The number of aromatic nitrogens is 1. The predicted molar refractivity (Wildman–Crippen MR) is 46.6 cm³/mol. The van der Waals surface area contributed by atoms with Crippen molar-refractivity contribution in [2.45, 2.75) is 6.29 Å². The molecule has 2 heterocycles. The fourth-order valence-corrected chi connectivity index (χ4v) is 1.50. The summed E-state index contributed by atoms with van der Waals surface area (Å²) in [5.41, 5.74) is 1.01. The van der Waals surface area contributed by atoms with Crippen LogP contribution < -0.4 is 0 Å². The normalized spacial score (nSPS) is 18.4. The van der Waals surface area contributed by atoms with Crippen LogP contribution in [0.15, 0.2) is 22.9 Å². The predicted octanol–water partition coefficient (Wildman–Crippen LogP) is 1.89. The van der Waals surface area contributed by atoms with E-state index in [1.807, 2.05) is 12.1 Å². The molecule has 1 fully saturated rings. The molecule has 0 aliphatic carbocycles. The summed E-state index contributed by atoms with van der Waals surface area (Å²) in [5.74, 6) is 0. The third-order valence-electron chi connectivity index (χ3n) is 1.64. The van der Waals surface area contributed by atoms with E-state index in [0.29, 0.717) is 13.2 Å². The van der Waals surface area contributed by atoms with Crippen molar-refractivity contribution >= 4 is 15.9 Å². The maximum Gasteiger partial charge on any atom is 0.184 e. The van der Waals surface area contributed by atoms with Crippen molar-refractivity contribution in [2.75, 3.05) is 13.2 Å². The number of rotatable bonds is 1. The van der Waals surface area contributed by atoms with Crippen LogP contribution >= 0.6 is 15.9 Å². The lowest BCUT2D eigenvalue weighted by Crippen LogP contribution is -1.97. The van der Waals surface area contributed by atoms with Gasteiger partial charge in [0, 0.05) is 11.8 Å². The van der Waals surface area contributed by atoms with Crippen LogP contribution in [-0.4, -0.2) is 18.2 Å². The highest BCUT2D eigenvalue weighted by Crippen LogP contribution is 2.24. The first-order valence-electron chi connectivity index (χ1n) is 3.71. The second-order valence-corrected chi connectivity index (χ2v) is 3.30. The van der Waals surface area contributed by atoms with E-state index in [-0.39, 0.29) is 6.29 Å². The third kappa shape index (κ3) is 1.65. The van der Waals surface area contributed by atoms with Crippen LogP contribution in [0, 0.1) is 0 Å². The van der Waals surface area contributed by atoms with Crippen molar-refractivity contribution in [3.63, 3.8) is 0 Å². The first-order valence-corrected chi connectivity index (χ1v) is 4.50. The molecule has 1 saturated heterocycles. The van der Waals surface area contributed by atoms with Gasteiger partial charge in [0.15, 0.2) is 6.29 Å². The molecular weight excluding hydrogens is 222 g/mol. The number of ether oxygens (including phenoxy) is 2. The van der Waals surface area contributed by atoms with Crippen molar-refractivity contribution in [1.29, 1.82) is 0 Å². The van der Waals surface area contributed by atoms with E-state index in [2.05, 4.69) is 20.9 Å². The smallest absolute Gasteiger partial charge is 0.184 e. The molecule has 64 valence electrons. The van der Waals surface area contributed by atoms with E-state index in [9.17, 15) is 0 Å². The molecule has 0 saturated carbocycles. The first kappa shape index (κ1) is 8.16. The van der Waals surface area contributed by atoms with Crippen LogP contribution in [0.3, 0.4) is 0 Å². The van der Waals surface area contributed by atoms with Gasteiger partial charge in [-0.3, -0.25) is 0 Å². The number of nitrogens with zero attached hydrogens (tertiary/aromatic N) is 1. The molecule has 0 bridgehead atoms. The van der Waals surface area contributed by atoms with Crippen LogP contribution in [-0.2, 0) is 9.47 Å². The molecule has 1 aliphatic rings. The molecule has 0 spiro atoms. The van der Waals surface area contributed by atoms with E-state index in [0.717, 1.165) is 10.2 Å². The van der Waals surface area contributed by atoms with Gasteiger partial charge in [-0.25, -0.2) is 4.98 Å². The molecule has 2 rings (SSSR count). The highest BCUT2D eigenvalue weighted by Gasteiger charge is 2.17. The molecule has 0 radical (unpaired) electrons. The first-order chi connectivity index (χ1) is 5.86. The van der Waals surface area contributed by atoms with Crippen LogP contribution in [0.2, 0.25) is 0 Å². The Kier molecular flexibility index (Phi) is 2.39. The summed E-state index contributed by atoms with van der Waals surface area (Å²) in [5, 5.41) is 0. The Labute approximate surface area is 78.8 Å². The summed E-state index contributed by atoms with van der Waals surface area (Å²) in [6, 6.07) is 3.79. The molecule has 1 aliphatic heterocycles. The number of halogens is 1. The topological polar surface area (TPSA) is 31.4 Å².